The van der Waals surface area contributed by atoms with Crippen molar-refractivity contribution in [1.82, 2.24) is 10.6 Å². The van der Waals surface area contributed by atoms with E-state index in [2.05, 4.69) is 15.6 Å². The Kier molecular flexibility index (Phi) is 9.07. The number of rotatable bonds is 9. The molecule has 0 radical (unpaired) electrons. The molecule has 1 atom stereocenters. The van der Waals surface area contributed by atoms with E-state index in [1.54, 1.807) is 18.2 Å². The lowest BCUT2D eigenvalue weighted by molar-refractivity contribution is 0.0597. The van der Waals surface area contributed by atoms with Gasteiger partial charge >= 0.3 is 5.97 Å². The monoisotopic (exact) mass is 399 g/mol. The summed E-state index contributed by atoms with van der Waals surface area (Å²) in [7, 11) is -0.187. The fourth-order valence-electron chi connectivity index (χ4n) is 2.30. The van der Waals surface area contributed by atoms with Crippen LogP contribution in [0.5, 0.6) is 5.75 Å². The highest BCUT2D eigenvalue weighted by Gasteiger charge is 2.13. The van der Waals surface area contributed by atoms with Gasteiger partial charge in [-0.25, -0.2) is 18.2 Å². The van der Waals surface area contributed by atoms with E-state index in [9.17, 15) is 13.2 Å². The van der Waals surface area contributed by atoms with Crippen LogP contribution in [0.15, 0.2) is 23.2 Å². The molecule has 0 aliphatic heterocycles. The number of aliphatic imine (C=N–C) groups is 1. The fraction of sp³-hybridized carbons (Fsp3) is 0.556. The van der Waals surface area contributed by atoms with Crippen LogP contribution in [0.25, 0.3) is 0 Å². The molecule has 9 heteroatoms. The lowest BCUT2D eigenvalue weighted by Crippen LogP contribution is -2.42. The predicted molar refractivity (Wildman–Crippen MR) is 106 cm³/mol. The van der Waals surface area contributed by atoms with Gasteiger partial charge in [0.1, 0.15) is 21.2 Å². The summed E-state index contributed by atoms with van der Waals surface area (Å²) in [5.41, 5.74) is 1.22. The predicted octanol–water partition coefficient (Wildman–Crippen LogP) is 1.36. The molecule has 0 bridgehead atoms. The van der Waals surface area contributed by atoms with Gasteiger partial charge in [0.2, 0.25) is 0 Å². The van der Waals surface area contributed by atoms with Crippen LogP contribution in [0.4, 0.5) is 0 Å². The molecule has 0 fully saturated rings. The van der Waals surface area contributed by atoms with Gasteiger partial charge in [0.05, 0.1) is 26.5 Å². The van der Waals surface area contributed by atoms with E-state index in [4.69, 9.17) is 9.47 Å². The maximum absolute atomic E-state index is 11.7. The van der Waals surface area contributed by atoms with Gasteiger partial charge < -0.3 is 20.1 Å². The van der Waals surface area contributed by atoms with E-state index in [0.717, 1.165) is 5.56 Å². The number of carbonyl (C=O) groups is 1. The number of guanidine groups is 1. The first-order chi connectivity index (χ1) is 12.7. The Bertz CT molecular complexity index is 762. The first-order valence-electron chi connectivity index (χ1n) is 8.68. The Morgan fingerprint density at radius 1 is 1.30 bits per heavy atom. The Balaban J connectivity index is 2.84. The molecule has 152 valence electrons. The normalized spacial score (nSPS) is 13.0. The van der Waals surface area contributed by atoms with Gasteiger partial charge in [-0.05, 0) is 38.0 Å². The van der Waals surface area contributed by atoms with E-state index in [1.807, 2.05) is 13.8 Å². The molecule has 2 N–H and O–H groups in total. The van der Waals surface area contributed by atoms with Crippen molar-refractivity contribution in [1.29, 1.82) is 0 Å². The van der Waals surface area contributed by atoms with E-state index in [1.165, 1.54) is 20.5 Å². The van der Waals surface area contributed by atoms with Crippen LogP contribution in [-0.4, -0.2) is 59.2 Å². The number of carbonyl (C=O) groups excluding carboxylic acids is 1. The third-order valence-electron chi connectivity index (χ3n) is 3.74. The standard InChI is InChI=1S/C18H29N3O5S/c1-6-19-18(21-13(2)9-10-27(5,23)24)20-12-14-7-8-15(17(22)26-4)16(11-14)25-3/h7-8,11,13H,6,9-10,12H2,1-5H3,(H2,19,20,21). The molecule has 1 aromatic rings. The van der Waals surface area contributed by atoms with Crippen LogP contribution >= 0.6 is 0 Å². The first-order valence-corrected chi connectivity index (χ1v) is 10.7. The SMILES string of the molecule is CCNC(=NCc1ccc(C(=O)OC)c(OC)c1)NC(C)CCS(C)(=O)=O. The quantitative estimate of drug-likeness (QED) is 0.367. The smallest absolute Gasteiger partial charge is 0.341 e. The van der Waals surface area contributed by atoms with E-state index in [0.29, 0.717) is 36.8 Å². The number of esters is 1. The highest BCUT2D eigenvalue weighted by molar-refractivity contribution is 7.90. The number of sulfone groups is 1. The summed E-state index contributed by atoms with van der Waals surface area (Å²) in [4.78, 5) is 16.2. The second-order valence-electron chi connectivity index (χ2n) is 6.19. The molecule has 0 spiro atoms. The molecular weight excluding hydrogens is 370 g/mol. The minimum Gasteiger partial charge on any atom is -0.496 e. The summed E-state index contributed by atoms with van der Waals surface area (Å²) >= 11 is 0. The second-order valence-corrected chi connectivity index (χ2v) is 8.45. The summed E-state index contributed by atoms with van der Waals surface area (Å²) in [6.45, 7) is 4.90. The van der Waals surface area contributed by atoms with Crippen molar-refractivity contribution in [2.24, 2.45) is 4.99 Å². The molecule has 1 aromatic carbocycles. The molecule has 0 saturated carbocycles. The molecule has 0 aliphatic carbocycles. The van der Waals surface area contributed by atoms with Crippen LogP contribution in [-0.2, 0) is 21.1 Å². The zero-order valence-corrected chi connectivity index (χ0v) is 17.4. The lowest BCUT2D eigenvalue weighted by Gasteiger charge is -2.17. The number of methoxy groups -OCH3 is 2. The van der Waals surface area contributed by atoms with Gasteiger partial charge in [0, 0.05) is 18.8 Å². The third kappa shape index (κ3) is 8.29. The van der Waals surface area contributed by atoms with E-state index >= 15 is 0 Å². The van der Waals surface area contributed by atoms with Crippen molar-refractivity contribution < 1.29 is 22.7 Å². The van der Waals surface area contributed by atoms with Gasteiger partial charge in [0.25, 0.3) is 0 Å². The van der Waals surface area contributed by atoms with Crippen molar-refractivity contribution in [3.05, 3.63) is 29.3 Å². The minimum absolute atomic E-state index is 0.0474. The average Bonchev–Trinajstić information content (AvgIpc) is 2.63. The maximum atomic E-state index is 11.7. The van der Waals surface area contributed by atoms with Crippen LogP contribution in [0, 0.1) is 0 Å². The zero-order chi connectivity index (χ0) is 20.4. The lowest BCUT2D eigenvalue weighted by atomic mass is 10.1. The summed E-state index contributed by atoms with van der Waals surface area (Å²) in [5.74, 6) is 0.674. The molecule has 0 aliphatic rings. The van der Waals surface area contributed by atoms with Gasteiger partial charge in [-0.15, -0.1) is 0 Å². The topological polar surface area (TPSA) is 106 Å². The molecule has 0 aromatic heterocycles. The number of nitrogens with one attached hydrogen (secondary N) is 2. The average molecular weight is 400 g/mol. The fourth-order valence-corrected chi connectivity index (χ4v) is 3.08. The number of hydrogen-bond acceptors (Lipinski definition) is 6. The molecular formula is C18H29N3O5S. The largest absolute Gasteiger partial charge is 0.496 e. The highest BCUT2D eigenvalue weighted by Crippen LogP contribution is 2.21. The molecule has 27 heavy (non-hydrogen) atoms. The molecule has 0 saturated heterocycles. The summed E-state index contributed by atoms with van der Waals surface area (Å²) in [6.07, 6.45) is 1.72. The van der Waals surface area contributed by atoms with Crippen molar-refractivity contribution >= 4 is 21.8 Å². The van der Waals surface area contributed by atoms with Crippen LogP contribution in [0.3, 0.4) is 0 Å². The second kappa shape index (κ2) is 10.8. The van der Waals surface area contributed by atoms with Crippen LogP contribution in [0.2, 0.25) is 0 Å². The minimum atomic E-state index is -3.00. The van der Waals surface area contributed by atoms with E-state index in [-0.39, 0.29) is 11.8 Å². The van der Waals surface area contributed by atoms with Gasteiger partial charge in [-0.1, -0.05) is 6.07 Å². The Morgan fingerprint density at radius 3 is 2.56 bits per heavy atom. The maximum Gasteiger partial charge on any atom is 0.341 e. The van der Waals surface area contributed by atoms with Crippen molar-refractivity contribution in [3.63, 3.8) is 0 Å². The molecule has 8 nitrogen and oxygen atoms in total. The Hall–Kier alpha value is -2.29. The summed E-state index contributed by atoms with van der Waals surface area (Å²) < 4.78 is 32.6. The summed E-state index contributed by atoms with van der Waals surface area (Å²) in [5, 5.41) is 6.33. The van der Waals surface area contributed by atoms with Gasteiger partial charge in [-0.3, -0.25) is 0 Å². The van der Waals surface area contributed by atoms with Crippen LogP contribution < -0.4 is 15.4 Å². The van der Waals surface area contributed by atoms with Crippen LogP contribution in [0.1, 0.15) is 36.2 Å². The van der Waals surface area contributed by atoms with Crippen molar-refractivity contribution in [2.75, 3.05) is 32.8 Å². The van der Waals surface area contributed by atoms with E-state index < -0.39 is 15.8 Å². The third-order valence-corrected chi connectivity index (χ3v) is 4.72. The highest BCUT2D eigenvalue weighted by atomic mass is 32.2. The van der Waals surface area contributed by atoms with Crippen molar-refractivity contribution in [3.8, 4) is 5.75 Å². The molecule has 0 heterocycles. The number of hydrogen-bond donors (Lipinski definition) is 2. The van der Waals surface area contributed by atoms with Crippen molar-refractivity contribution in [2.45, 2.75) is 32.9 Å². The van der Waals surface area contributed by atoms with Gasteiger partial charge in [-0.2, -0.15) is 0 Å². The zero-order valence-electron chi connectivity index (χ0n) is 16.5. The molecule has 1 rings (SSSR count). The molecule has 0 amide bonds. The number of ether oxygens (including phenoxy) is 2. The first kappa shape index (κ1) is 22.8. The van der Waals surface area contributed by atoms with Gasteiger partial charge in [0.15, 0.2) is 5.96 Å². The summed E-state index contributed by atoms with van der Waals surface area (Å²) in [6, 6.07) is 5.13. The number of benzene rings is 1. The molecule has 1 unspecified atom stereocenters. The Labute approximate surface area is 161 Å². The number of nitrogens with zero attached hydrogens (tertiary/aromatic N) is 1. The Morgan fingerprint density at radius 2 is 2.00 bits per heavy atom.